The van der Waals surface area contributed by atoms with Crippen molar-refractivity contribution >= 4 is 12.1 Å². The highest BCUT2D eigenvalue weighted by atomic mass is 16.5. The number of carboxylic acid groups (broad SMARTS) is 1. The molecular formula is C16H24N2O4. The first-order valence-corrected chi connectivity index (χ1v) is 7.49. The molecule has 0 aromatic heterocycles. The molecule has 0 unspecified atom stereocenters. The van der Waals surface area contributed by atoms with Crippen molar-refractivity contribution in [3.05, 3.63) is 35.9 Å². The number of rotatable bonds is 9. The average Bonchev–Trinajstić information content (AvgIpc) is 2.53. The predicted octanol–water partition coefficient (Wildman–Crippen LogP) is 2.10. The van der Waals surface area contributed by atoms with Gasteiger partial charge in [-0.05, 0) is 25.1 Å². The number of alkyl carbamates (subject to hydrolysis) is 1. The number of nitrogens with zero attached hydrogens (tertiary/aromatic N) is 1. The van der Waals surface area contributed by atoms with Gasteiger partial charge in [0.05, 0.1) is 0 Å². The Bertz CT molecular complexity index is 460. The second kappa shape index (κ2) is 9.78. The maximum Gasteiger partial charge on any atom is 0.408 e. The van der Waals surface area contributed by atoms with Gasteiger partial charge in [0, 0.05) is 6.54 Å². The zero-order valence-electron chi connectivity index (χ0n) is 13.1. The molecule has 0 fully saturated rings. The number of carbonyl (C=O) groups is 2. The van der Waals surface area contributed by atoms with Crippen molar-refractivity contribution in [3.8, 4) is 0 Å². The summed E-state index contributed by atoms with van der Waals surface area (Å²) in [5.41, 5.74) is 0.854. The summed E-state index contributed by atoms with van der Waals surface area (Å²) in [5.74, 6) is -1.05. The fraction of sp³-hybridized carbons (Fsp3) is 0.500. The van der Waals surface area contributed by atoms with Crippen LogP contribution < -0.4 is 5.32 Å². The van der Waals surface area contributed by atoms with Gasteiger partial charge < -0.3 is 20.1 Å². The molecule has 0 saturated heterocycles. The molecule has 0 aliphatic carbocycles. The van der Waals surface area contributed by atoms with Crippen molar-refractivity contribution in [3.63, 3.8) is 0 Å². The molecule has 0 bridgehead atoms. The van der Waals surface area contributed by atoms with Crippen LogP contribution in [0.25, 0.3) is 0 Å². The van der Waals surface area contributed by atoms with Crippen molar-refractivity contribution in [2.75, 3.05) is 19.6 Å². The molecule has 0 radical (unpaired) electrons. The van der Waals surface area contributed by atoms with E-state index in [9.17, 15) is 14.7 Å². The van der Waals surface area contributed by atoms with E-state index >= 15 is 0 Å². The van der Waals surface area contributed by atoms with Crippen LogP contribution in [0.4, 0.5) is 4.79 Å². The number of benzene rings is 1. The van der Waals surface area contributed by atoms with Gasteiger partial charge in [-0.15, -0.1) is 0 Å². The zero-order valence-corrected chi connectivity index (χ0v) is 13.1. The van der Waals surface area contributed by atoms with Gasteiger partial charge in [-0.1, -0.05) is 44.2 Å². The molecule has 1 amide bonds. The zero-order chi connectivity index (χ0) is 16.4. The van der Waals surface area contributed by atoms with Crippen LogP contribution in [-0.2, 0) is 16.1 Å². The largest absolute Gasteiger partial charge is 0.480 e. The highest BCUT2D eigenvalue weighted by Crippen LogP contribution is 2.02. The van der Waals surface area contributed by atoms with E-state index in [0.29, 0.717) is 13.0 Å². The number of carbonyl (C=O) groups excluding carboxylic acids is 1. The third kappa shape index (κ3) is 6.58. The van der Waals surface area contributed by atoms with Gasteiger partial charge in [-0.3, -0.25) is 0 Å². The van der Waals surface area contributed by atoms with E-state index in [0.717, 1.165) is 18.7 Å². The standard InChI is InChI=1S/C16H24N2O4/c1-3-18(4-2)11-10-14(15(19)20)17-16(21)22-12-13-8-6-5-7-9-13/h5-9,14H,3-4,10-12H2,1-2H3,(H,17,21)(H,19,20)/t14-/m0/s1. The van der Waals surface area contributed by atoms with E-state index < -0.39 is 18.1 Å². The maximum absolute atomic E-state index is 11.7. The van der Waals surface area contributed by atoms with Crippen molar-refractivity contribution in [2.45, 2.75) is 32.9 Å². The van der Waals surface area contributed by atoms with Crippen LogP contribution >= 0.6 is 0 Å². The lowest BCUT2D eigenvalue weighted by Gasteiger charge is -2.21. The lowest BCUT2D eigenvalue weighted by Crippen LogP contribution is -2.43. The summed E-state index contributed by atoms with van der Waals surface area (Å²) in [6.45, 7) is 6.46. The Hall–Kier alpha value is -2.08. The molecule has 0 saturated carbocycles. The van der Waals surface area contributed by atoms with Crippen LogP contribution in [0.5, 0.6) is 0 Å². The maximum atomic E-state index is 11.7. The molecule has 6 heteroatoms. The van der Waals surface area contributed by atoms with Gasteiger partial charge >= 0.3 is 12.1 Å². The predicted molar refractivity (Wildman–Crippen MR) is 83.6 cm³/mol. The Balaban J connectivity index is 2.41. The topological polar surface area (TPSA) is 78.9 Å². The van der Waals surface area contributed by atoms with Crippen LogP contribution in [-0.4, -0.2) is 47.7 Å². The SMILES string of the molecule is CCN(CC)CC[C@H](NC(=O)OCc1ccccc1)C(=O)O. The molecule has 1 aromatic carbocycles. The first kappa shape index (κ1) is 18.0. The van der Waals surface area contributed by atoms with Crippen LogP contribution in [0.2, 0.25) is 0 Å². The lowest BCUT2D eigenvalue weighted by atomic mass is 10.2. The Labute approximate surface area is 131 Å². The summed E-state index contributed by atoms with van der Waals surface area (Å²) >= 11 is 0. The fourth-order valence-electron chi connectivity index (χ4n) is 2.02. The Morgan fingerprint density at radius 3 is 2.41 bits per heavy atom. The van der Waals surface area contributed by atoms with Gasteiger partial charge in [0.25, 0.3) is 0 Å². The first-order chi connectivity index (χ1) is 10.6. The van der Waals surface area contributed by atoms with Crippen LogP contribution in [0.1, 0.15) is 25.8 Å². The summed E-state index contributed by atoms with van der Waals surface area (Å²) in [6, 6.07) is 8.30. The van der Waals surface area contributed by atoms with E-state index in [1.807, 2.05) is 44.2 Å². The molecule has 1 rings (SSSR count). The first-order valence-electron chi connectivity index (χ1n) is 7.49. The smallest absolute Gasteiger partial charge is 0.408 e. The van der Waals surface area contributed by atoms with Gasteiger partial charge in [0.2, 0.25) is 0 Å². The van der Waals surface area contributed by atoms with E-state index in [2.05, 4.69) is 10.2 Å². The second-order valence-corrected chi connectivity index (χ2v) is 4.91. The van der Waals surface area contributed by atoms with Crippen molar-refractivity contribution < 1.29 is 19.4 Å². The Morgan fingerprint density at radius 2 is 1.86 bits per heavy atom. The number of carboxylic acids is 1. The van der Waals surface area contributed by atoms with E-state index in [-0.39, 0.29) is 6.61 Å². The molecule has 6 nitrogen and oxygen atoms in total. The number of nitrogens with one attached hydrogen (secondary N) is 1. The summed E-state index contributed by atoms with van der Waals surface area (Å²) in [5, 5.41) is 11.6. The molecule has 0 aliphatic rings. The molecule has 0 heterocycles. The molecule has 122 valence electrons. The summed E-state index contributed by atoms with van der Waals surface area (Å²) in [4.78, 5) is 25.0. The quantitative estimate of drug-likeness (QED) is 0.730. The van der Waals surface area contributed by atoms with Gasteiger partial charge in [0.1, 0.15) is 12.6 Å². The second-order valence-electron chi connectivity index (χ2n) is 4.91. The highest BCUT2D eigenvalue weighted by molar-refractivity contribution is 5.79. The summed E-state index contributed by atoms with van der Waals surface area (Å²) < 4.78 is 5.04. The van der Waals surface area contributed by atoms with Gasteiger partial charge in [-0.2, -0.15) is 0 Å². The van der Waals surface area contributed by atoms with Crippen molar-refractivity contribution in [1.29, 1.82) is 0 Å². The van der Waals surface area contributed by atoms with Crippen molar-refractivity contribution in [1.82, 2.24) is 10.2 Å². The number of hydrogen-bond acceptors (Lipinski definition) is 4. The van der Waals surface area contributed by atoms with Crippen molar-refractivity contribution in [2.24, 2.45) is 0 Å². The third-order valence-corrected chi connectivity index (χ3v) is 3.43. The van der Waals surface area contributed by atoms with Crippen LogP contribution in [0.3, 0.4) is 0 Å². The van der Waals surface area contributed by atoms with Gasteiger partial charge in [0.15, 0.2) is 0 Å². The van der Waals surface area contributed by atoms with Crippen LogP contribution in [0.15, 0.2) is 30.3 Å². The molecule has 2 N–H and O–H groups in total. The summed E-state index contributed by atoms with van der Waals surface area (Å²) in [7, 11) is 0. The molecule has 0 spiro atoms. The molecular weight excluding hydrogens is 284 g/mol. The third-order valence-electron chi connectivity index (χ3n) is 3.43. The van der Waals surface area contributed by atoms with E-state index in [1.165, 1.54) is 0 Å². The molecule has 0 aliphatic heterocycles. The van der Waals surface area contributed by atoms with Crippen LogP contribution in [0, 0.1) is 0 Å². The van der Waals surface area contributed by atoms with Gasteiger partial charge in [-0.25, -0.2) is 9.59 Å². The Kier molecular flexibility index (Phi) is 7.99. The fourth-order valence-corrected chi connectivity index (χ4v) is 2.02. The minimum absolute atomic E-state index is 0.120. The number of aliphatic carboxylic acids is 1. The Morgan fingerprint density at radius 1 is 1.23 bits per heavy atom. The minimum atomic E-state index is -1.05. The van der Waals surface area contributed by atoms with E-state index in [4.69, 9.17) is 4.74 Å². The lowest BCUT2D eigenvalue weighted by molar-refractivity contribution is -0.139. The highest BCUT2D eigenvalue weighted by Gasteiger charge is 2.21. The number of ether oxygens (including phenoxy) is 1. The monoisotopic (exact) mass is 308 g/mol. The summed E-state index contributed by atoms with van der Waals surface area (Å²) in [6.07, 6.45) is -0.368. The average molecular weight is 308 g/mol. The minimum Gasteiger partial charge on any atom is -0.480 e. The van der Waals surface area contributed by atoms with E-state index in [1.54, 1.807) is 0 Å². The molecule has 22 heavy (non-hydrogen) atoms. The number of hydrogen-bond donors (Lipinski definition) is 2. The molecule has 1 atom stereocenters. The normalized spacial score (nSPS) is 12.0. The molecule has 1 aromatic rings. The number of amides is 1.